The number of unbranched alkanes of at least 4 members (excludes halogenated alkanes) is 10. The van der Waals surface area contributed by atoms with Gasteiger partial charge in [-0.25, -0.2) is 0 Å². The van der Waals surface area contributed by atoms with Crippen LogP contribution in [0.2, 0.25) is 5.82 Å². The van der Waals surface area contributed by atoms with Crippen molar-refractivity contribution in [1.29, 1.82) is 0 Å². The summed E-state index contributed by atoms with van der Waals surface area (Å²) in [6, 6.07) is 0. The van der Waals surface area contributed by atoms with Gasteiger partial charge in [0.15, 0.2) is 0 Å². The van der Waals surface area contributed by atoms with Crippen molar-refractivity contribution in [3.8, 4) is 0 Å². The molecule has 0 aromatic rings. The topological polar surface area (TPSA) is 55.4 Å². The van der Waals surface area contributed by atoms with E-state index in [1.165, 1.54) is 64.2 Å². The predicted molar refractivity (Wildman–Crippen MR) is 175 cm³/mol. The van der Waals surface area contributed by atoms with E-state index >= 15 is 0 Å². The van der Waals surface area contributed by atoms with Crippen LogP contribution in [0.1, 0.15) is 146 Å². The van der Waals surface area contributed by atoms with Crippen molar-refractivity contribution in [2.75, 3.05) is 13.2 Å². The maximum atomic E-state index is 6.63. The fraction of sp³-hybridized carbons (Fsp3) is 0.882. The van der Waals surface area contributed by atoms with Crippen molar-refractivity contribution in [3.63, 3.8) is 0 Å². The van der Waals surface area contributed by atoms with E-state index in [-0.39, 0.29) is 11.9 Å². The van der Waals surface area contributed by atoms with Gasteiger partial charge in [-0.2, -0.15) is 0 Å². The van der Waals surface area contributed by atoms with Gasteiger partial charge in [-0.3, -0.25) is 0 Å². The summed E-state index contributed by atoms with van der Waals surface area (Å²) in [4.78, 5) is 0. The Labute approximate surface area is 259 Å². The Bertz CT molecular complexity index is 864. The van der Waals surface area contributed by atoms with Crippen LogP contribution in [-0.2, 0) is 28.1 Å². The molecule has 0 saturated carbocycles. The van der Waals surface area contributed by atoms with E-state index in [9.17, 15) is 0 Å². The van der Waals surface area contributed by atoms with E-state index in [0.717, 1.165) is 24.1 Å². The molecule has 2 heterocycles. The lowest BCUT2D eigenvalue weighted by molar-refractivity contribution is 0.00578. The molecule has 0 bridgehead atoms. The first-order valence-corrected chi connectivity index (χ1v) is 17.1. The maximum absolute atomic E-state index is 6.63. The minimum atomic E-state index is -0.523. The van der Waals surface area contributed by atoms with Crippen molar-refractivity contribution >= 4 is 14.2 Å². The lowest BCUT2D eigenvalue weighted by Crippen LogP contribution is -2.41. The molecule has 0 amide bonds. The molecular weight excluding hydrogens is 526 g/mol. The van der Waals surface area contributed by atoms with Crippen molar-refractivity contribution < 1.29 is 28.1 Å². The third-order valence-electron chi connectivity index (χ3n) is 10.0. The molecule has 2 unspecified atom stereocenters. The summed E-state index contributed by atoms with van der Waals surface area (Å²) in [7, 11) is -0.960. The average molecular weight is 588 g/mol. The van der Waals surface area contributed by atoms with Gasteiger partial charge in [-0.15, -0.1) is 0 Å². The van der Waals surface area contributed by atoms with E-state index in [4.69, 9.17) is 28.1 Å². The second-order valence-electron chi connectivity index (χ2n) is 14.7. The lowest BCUT2D eigenvalue weighted by Gasteiger charge is -2.32. The summed E-state index contributed by atoms with van der Waals surface area (Å²) in [6.07, 6.45) is 18.8. The van der Waals surface area contributed by atoms with Crippen LogP contribution in [0.4, 0.5) is 0 Å². The molecule has 240 valence electrons. The summed E-state index contributed by atoms with van der Waals surface area (Å²) in [5, 5.41) is 0. The first-order chi connectivity index (χ1) is 19.7. The van der Waals surface area contributed by atoms with Crippen LogP contribution in [0.3, 0.4) is 0 Å². The molecule has 3 rings (SSSR count). The molecule has 0 radical (unpaired) electrons. The van der Waals surface area contributed by atoms with E-state index < -0.39 is 36.6 Å². The minimum absolute atomic E-state index is 0.142. The largest absolute Gasteiger partial charge is 0.498 e. The van der Waals surface area contributed by atoms with Gasteiger partial charge in [0.1, 0.15) is 5.76 Å². The molecule has 3 aliphatic rings. The van der Waals surface area contributed by atoms with Crippen molar-refractivity contribution in [3.05, 3.63) is 23.4 Å². The van der Waals surface area contributed by atoms with Gasteiger partial charge < -0.3 is 28.1 Å². The Hall–Kier alpha value is -0.790. The van der Waals surface area contributed by atoms with Crippen LogP contribution in [-0.4, -0.2) is 56.0 Å². The fourth-order valence-corrected chi connectivity index (χ4v) is 5.64. The summed E-state index contributed by atoms with van der Waals surface area (Å²) >= 11 is 0. The predicted octanol–water partition coefficient (Wildman–Crippen LogP) is 9.03. The quantitative estimate of drug-likeness (QED) is 0.118. The molecule has 1 aliphatic carbocycles. The van der Waals surface area contributed by atoms with Crippen LogP contribution in [0.5, 0.6) is 0 Å². The summed E-state index contributed by atoms with van der Waals surface area (Å²) < 4.78 is 39.4. The molecule has 2 aliphatic heterocycles. The van der Waals surface area contributed by atoms with E-state index in [2.05, 4.69) is 81.4 Å². The van der Waals surface area contributed by atoms with E-state index in [1.807, 2.05) is 0 Å². The Kier molecular flexibility index (Phi) is 13.1. The number of ether oxygens (including phenoxy) is 2. The number of hydrogen-bond donors (Lipinski definition) is 0. The van der Waals surface area contributed by atoms with Gasteiger partial charge in [0.2, 0.25) is 0 Å². The Balaban J connectivity index is 1.81. The molecule has 2 saturated heterocycles. The van der Waals surface area contributed by atoms with Crippen LogP contribution in [0.15, 0.2) is 23.4 Å². The van der Waals surface area contributed by atoms with Gasteiger partial charge in [0.05, 0.1) is 35.1 Å². The van der Waals surface area contributed by atoms with Crippen molar-refractivity contribution in [2.45, 2.75) is 181 Å². The molecule has 0 N–H and O–H groups in total. The van der Waals surface area contributed by atoms with E-state index in [0.29, 0.717) is 13.2 Å². The molecular formula is C34H62B2O6. The molecule has 0 aromatic carbocycles. The maximum Gasteiger partial charge on any atom is 0.498 e. The molecule has 0 aromatic heterocycles. The number of rotatable bonds is 18. The van der Waals surface area contributed by atoms with Gasteiger partial charge in [0.25, 0.3) is 0 Å². The highest BCUT2D eigenvalue weighted by atomic mass is 16.7. The van der Waals surface area contributed by atoms with Gasteiger partial charge in [-0.05, 0) is 74.3 Å². The first kappa shape index (κ1) is 35.7. The molecule has 2 atom stereocenters. The molecule has 42 heavy (non-hydrogen) atoms. The molecule has 0 spiro atoms. The zero-order chi connectivity index (χ0) is 31.0. The Morgan fingerprint density at radius 3 is 1.57 bits per heavy atom. The highest BCUT2D eigenvalue weighted by Crippen LogP contribution is 2.46. The summed E-state index contributed by atoms with van der Waals surface area (Å²) in [5.74, 6) is 0.665. The highest BCUT2D eigenvalue weighted by Gasteiger charge is 2.57. The number of allylic oxidation sites excluding steroid dienone is 1. The van der Waals surface area contributed by atoms with E-state index in [1.54, 1.807) is 0 Å². The Morgan fingerprint density at radius 2 is 1.05 bits per heavy atom. The van der Waals surface area contributed by atoms with Gasteiger partial charge in [0, 0.05) is 17.9 Å². The van der Waals surface area contributed by atoms with Gasteiger partial charge in [-0.1, -0.05) is 84.1 Å². The van der Waals surface area contributed by atoms with Crippen LogP contribution < -0.4 is 0 Å². The highest BCUT2D eigenvalue weighted by molar-refractivity contribution is 6.56. The molecule has 6 nitrogen and oxygen atoms in total. The van der Waals surface area contributed by atoms with Crippen LogP contribution in [0.25, 0.3) is 0 Å². The zero-order valence-corrected chi connectivity index (χ0v) is 28.8. The second-order valence-corrected chi connectivity index (χ2v) is 14.7. The third-order valence-corrected chi connectivity index (χ3v) is 10.0. The monoisotopic (exact) mass is 588 g/mol. The SMILES string of the molecule is CCCCCCCCOC1=CC(B2OC(C)(C)C(C)(C)O2)C(OCCCCCCCC)C=C1B1OC(C)(C)C(C)(C)O1. The number of hydrogen-bond acceptors (Lipinski definition) is 6. The van der Waals surface area contributed by atoms with Crippen molar-refractivity contribution in [1.82, 2.24) is 0 Å². The average Bonchev–Trinajstić information content (AvgIpc) is 3.26. The minimum Gasteiger partial charge on any atom is -0.494 e. The third kappa shape index (κ3) is 9.12. The molecule has 2 fully saturated rings. The lowest BCUT2D eigenvalue weighted by atomic mass is 9.62. The standard InChI is InChI=1S/C34H62B2O6/c1-11-13-15-17-19-21-23-37-29-25-28(36-41-33(7,8)34(9,10)42-36)30(38-24-22-20-18-16-14-12-2)26-27(29)35-39-31(3,4)32(5,6)40-35/h25-27,29H,11-24H2,1-10H3. The van der Waals surface area contributed by atoms with Crippen LogP contribution in [0, 0.1) is 0 Å². The first-order valence-electron chi connectivity index (χ1n) is 17.1. The summed E-state index contributed by atoms with van der Waals surface area (Å²) in [6.45, 7) is 22.7. The zero-order valence-electron chi connectivity index (χ0n) is 28.8. The Morgan fingerprint density at radius 1 is 0.595 bits per heavy atom. The normalized spacial score (nSPS) is 26.0. The van der Waals surface area contributed by atoms with Gasteiger partial charge >= 0.3 is 14.2 Å². The smallest absolute Gasteiger partial charge is 0.494 e. The molecule has 8 heteroatoms. The summed E-state index contributed by atoms with van der Waals surface area (Å²) in [5.41, 5.74) is -0.823. The fourth-order valence-electron chi connectivity index (χ4n) is 5.64. The second kappa shape index (κ2) is 15.5. The van der Waals surface area contributed by atoms with Crippen molar-refractivity contribution in [2.24, 2.45) is 0 Å². The van der Waals surface area contributed by atoms with Crippen LogP contribution >= 0.6 is 0 Å².